The SMILES string of the molecule is COCCOCCCCNC(=O)N(CCC(=O)O)C(C)C. The fourth-order valence-electron chi connectivity index (χ4n) is 1.68. The van der Waals surface area contributed by atoms with Crippen LogP contribution in [0.15, 0.2) is 0 Å². The van der Waals surface area contributed by atoms with E-state index in [2.05, 4.69) is 5.32 Å². The number of carbonyl (C=O) groups excluding carboxylic acids is 1. The second-order valence-electron chi connectivity index (χ2n) is 4.98. The van der Waals surface area contributed by atoms with Crippen LogP contribution in [0.2, 0.25) is 0 Å². The van der Waals surface area contributed by atoms with E-state index in [0.717, 1.165) is 12.8 Å². The standard InChI is InChI=1S/C14H28N2O5/c1-12(2)16(8-6-13(17)18)14(19)15-7-4-5-9-21-11-10-20-3/h12H,4-11H2,1-3H3,(H,15,19)(H,17,18). The first-order valence-electron chi connectivity index (χ1n) is 7.32. The molecule has 2 amide bonds. The minimum atomic E-state index is -0.901. The molecule has 0 saturated carbocycles. The maximum atomic E-state index is 11.9. The number of aliphatic carboxylic acids is 1. The van der Waals surface area contributed by atoms with Crippen LogP contribution in [0.3, 0.4) is 0 Å². The Bertz CT molecular complexity index is 297. The number of carbonyl (C=O) groups is 2. The molecule has 21 heavy (non-hydrogen) atoms. The third-order valence-corrected chi connectivity index (χ3v) is 2.87. The van der Waals surface area contributed by atoms with Gasteiger partial charge in [0, 0.05) is 32.8 Å². The Morgan fingerprint density at radius 1 is 1.19 bits per heavy atom. The number of methoxy groups -OCH3 is 1. The van der Waals surface area contributed by atoms with Gasteiger partial charge in [-0.25, -0.2) is 4.79 Å². The molecule has 7 nitrogen and oxygen atoms in total. The van der Waals surface area contributed by atoms with E-state index < -0.39 is 5.97 Å². The van der Waals surface area contributed by atoms with Gasteiger partial charge in [0.2, 0.25) is 0 Å². The second-order valence-corrected chi connectivity index (χ2v) is 4.98. The number of carboxylic acid groups (broad SMARTS) is 1. The minimum absolute atomic E-state index is 0.0262. The van der Waals surface area contributed by atoms with Gasteiger partial charge < -0.3 is 24.8 Å². The van der Waals surface area contributed by atoms with Crippen molar-refractivity contribution in [3.05, 3.63) is 0 Å². The predicted molar refractivity (Wildman–Crippen MR) is 79.4 cm³/mol. The van der Waals surface area contributed by atoms with Crippen molar-refractivity contribution in [3.8, 4) is 0 Å². The Kier molecular flexibility index (Phi) is 11.6. The Morgan fingerprint density at radius 3 is 2.48 bits per heavy atom. The van der Waals surface area contributed by atoms with Crippen LogP contribution >= 0.6 is 0 Å². The summed E-state index contributed by atoms with van der Waals surface area (Å²) in [4.78, 5) is 24.1. The highest BCUT2D eigenvalue weighted by atomic mass is 16.5. The first-order valence-corrected chi connectivity index (χ1v) is 7.32. The highest BCUT2D eigenvalue weighted by Gasteiger charge is 2.17. The number of unbranched alkanes of at least 4 members (excludes halogenated alkanes) is 1. The molecule has 0 atom stereocenters. The first kappa shape index (κ1) is 19.7. The average Bonchev–Trinajstić information content (AvgIpc) is 2.41. The van der Waals surface area contributed by atoms with Crippen LogP contribution in [0.25, 0.3) is 0 Å². The molecule has 0 bridgehead atoms. The van der Waals surface area contributed by atoms with Gasteiger partial charge in [-0.2, -0.15) is 0 Å². The van der Waals surface area contributed by atoms with Crippen molar-refractivity contribution in [1.29, 1.82) is 0 Å². The van der Waals surface area contributed by atoms with Crippen LogP contribution in [0.4, 0.5) is 4.79 Å². The van der Waals surface area contributed by atoms with Gasteiger partial charge in [-0.3, -0.25) is 4.79 Å². The quantitative estimate of drug-likeness (QED) is 0.531. The summed E-state index contributed by atoms with van der Waals surface area (Å²) in [6.45, 7) is 6.33. The molecule has 0 aromatic rings. The third kappa shape index (κ3) is 11.0. The molecule has 0 spiro atoms. The van der Waals surface area contributed by atoms with Crippen molar-refractivity contribution in [2.75, 3.05) is 40.0 Å². The zero-order valence-corrected chi connectivity index (χ0v) is 13.3. The molecule has 7 heteroatoms. The molecular weight excluding hydrogens is 276 g/mol. The molecule has 0 aliphatic rings. The number of ether oxygens (including phenoxy) is 2. The number of hydrogen-bond donors (Lipinski definition) is 2. The summed E-state index contributed by atoms with van der Waals surface area (Å²) < 4.78 is 10.2. The Labute approximate surface area is 126 Å². The molecule has 0 unspecified atom stereocenters. The maximum Gasteiger partial charge on any atom is 0.317 e. The smallest absolute Gasteiger partial charge is 0.317 e. The summed E-state index contributed by atoms with van der Waals surface area (Å²) in [5.41, 5.74) is 0. The molecule has 0 heterocycles. The molecule has 2 N–H and O–H groups in total. The highest BCUT2D eigenvalue weighted by molar-refractivity contribution is 5.75. The van der Waals surface area contributed by atoms with Gasteiger partial charge in [0.1, 0.15) is 0 Å². The van der Waals surface area contributed by atoms with Gasteiger partial charge in [0.05, 0.1) is 19.6 Å². The fourth-order valence-corrected chi connectivity index (χ4v) is 1.68. The van der Waals surface area contributed by atoms with Crippen molar-refractivity contribution < 1.29 is 24.2 Å². The normalized spacial score (nSPS) is 10.7. The lowest BCUT2D eigenvalue weighted by atomic mass is 10.3. The minimum Gasteiger partial charge on any atom is -0.481 e. The molecule has 0 aromatic carbocycles. The van der Waals surface area contributed by atoms with Crippen LogP contribution in [-0.2, 0) is 14.3 Å². The molecule has 0 fully saturated rings. The molecule has 0 saturated heterocycles. The zero-order chi connectivity index (χ0) is 16.1. The van der Waals surface area contributed by atoms with Gasteiger partial charge in [-0.1, -0.05) is 0 Å². The lowest BCUT2D eigenvalue weighted by Crippen LogP contribution is -2.45. The van der Waals surface area contributed by atoms with E-state index in [0.29, 0.717) is 26.4 Å². The van der Waals surface area contributed by atoms with Crippen molar-refractivity contribution in [3.63, 3.8) is 0 Å². The van der Waals surface area contributed by atoms with Crippen LogP contribution in [0.5, 0.6) is 0 Å². The van der Waals surface area contributed by atoms with Crippen molar-refractivity contribution in [2.24, 2.45) is 0 Å². The largest absolute Gasteiger partial charge is 0.481 e. The molecule has 0 radical (unpaired) electrons. The summed E-state index contributed by atoms with van der Waals surface area (Å²) in [6, 6.07) is -0.242. The van der Waals surface area contributed by atoms with Crippen LogP contribution in [0, 0.1) is 0 Å². The van der Waals surface area contributed by atoms with Gasteiger partial charge in [-0.15, -0.1) is 0 Å². The number of nitrogens with zero attached hydrogens (tertiary/aromatic N) is 1. The van der Waals surface area contributed by atoms with Crippen LogP contribution in [0.1, 0.15) is 33.1 Å². The van der Waals surface area contributed by atoms with Crippen molar-refractivity contribution in [2.45, 2.75) is 39.2 Å². The number of hydrogen-bond acceptors (Lipinski definition) is 4. The van der Waals surface area contributed by atoms with E-state index >= 15 is 0 Å². The van der Waals surface area contributed by atoms with Crippen molar-refractivity contribution >= 4 is 12.0 Å². The van der Waals surface area contributed by atoms with E-state index in [9.17, 15) is 9.59 Å². The second kappa shape index (κ2) is 12.4. The lowest BCUT2D eigenvalue weighted by Gasteiger charge is -2.26. The maximum absolute atomic E-state index is 11.9. The molecule has 0 aromatic heterocycles. The number of rotatable bonds is 12. The highest BCUT2D eigenvalue weighted by Crippen LogP contribution is 2.01. The molecule has 0 rings (SSSR count). The van der Waals surface area contributed by atoms with Crippen LogP contribution < -0.4 is 5.32 Å². The summed E-state index contributed by atoms with van der Waals surface area (Å²) in [7, 11) is 1.63. The van der Waals surface area contributed by atoms with Gasteiger partial charge >= 0.3 is 12.0 Å². The summed E-state index contributed by atoms with van der Waals surface area (Å²) >= 11 is 0. The third-order valence-electron chi connectivity index (χ3n) is 2.87. The summed E-state index contributed by atoms with van der Waals surface area (Å²) in [6.07, 6.45) is 1.64. The first-order chi connectivity index (χ1) is 9.99. The van der Waals surface area contributed by atoms with E-state index in [-0.39, 0.29) is 25.0 Å². The van der Waals surface area contributed by atoms with Crippen LogP contribution in [-0.4, -0.2) is 68.1 Å². The molecule has 0 aliphatic carbocycles. The molecule has 0 aliphatic heterocycles. The summed E-state index contributed by atoms with van der Waals surface area (Å²) in [5, 5.41) is 11.5. The Hall–Kier alpha value is -1.34. The van der Waals surface area contributed by atoms with E-state index in [1.54, 1.807) is 7.11 Å². The lowest BCUT2D eigenvalue weighted by molar-refractivity contribution is -0.137. The van der Waals surface area contributed by atoms with E-state index in [1.807, 2.05) is 13.8 Å². The Balaban J connectivity index is 3.75. The van der Waals surface area contributed by atoms with Gasteiger partial charge in [0.25, 0.3) is 0 Å². The predicted octanol–water partition coefficient (Wildman–Crippen LogP) is 1.32. The van der Waals surface area contributed by atoms with E-state index in [1.165, 1.54) is 4.90 Å². The number of amides is 2. The zero-order valence-electron chi connectivity index (χ0n) is 13.3. The Morgan fingerprint density at radius 2 is 1.90 bits per heavy atom. The van der Waals surface area contributed by atoms with Gasteiger partial charge in [-0.05, 0) is 26.7 Å². The number of carboxylic acids is 1. The summed E-state index contributed by atoms with van der Waals surface area (Å²) in [5.74, 6) is -0.901. The number of urea groups is 1. The average molecular weight is 304 g/mol. The van der Waals surface area contributed by atoms with E-state index in [4.69, 9.17) is 14.6 Å². The number of nitrogens with one attached hydrogen (secondary N) is 1. The molecular formula is C14H28N2O5. The van der Waals surface area contributed by atoms with Crippen molar-refractivity contribution in [1.82, 2.24) is 10.2 Å². The molecule has 124 valence electrons. The fraction of sp³-hybridized carbons (Fsp3) is 0.857. The topological polar surface area (TPSA) is 88.1 Å². The van der Waals surface area contributed by atoms with Gasteiger partial charge in [0.15, 0.2) is 0 Å². The monoisotopic (exact) mass is 304 g/mol.